The lowest BCUT2D eigenvalue weighted by Crippen LogP contribution is -2.10. The van der Waals surface area contributed by atoms with Crippen molar-refractivity contribution in [2.75, 3.05) is 0 Å². The number of aromatic nitrogens is 4. The third-order valence-corrected chi connectivity index (χ3v) is 5.30. The average molecular weight is 369 g/mol. The van der Waals surface area contributed by atoms with Gasteiger partial charge < -0.3 is 5.73 Å². The first-order chi connectivity index (χ1) is 12.5. The Morgan fingerprint density at radius 3 is 2.81 bits per heavy atom. The van der Waals surface area contributed by atoms with Gasteiger partial charge in [-0.05, 0) is 49.9 Å². The maximum atomic E-state index is 11.3. The highest BCUT2D eigenvalue weighted by Gasteiger charge is 2.13. The van der Waals surface area contributed by atoms with Crippen molar-refractivity contribution in [1.29, 1.82) is 0 Å². The second-order valence-electron chi connectivity index (χ2n) is 6.32. The fraction of sp³-hybridized carbons (Fsp3) is 0.368. The van der Waals surface area contributed by atoms with Crippen LogP contribution in [0.3, 0.4) is 0 Å². The van der Waals surface area contributed by atoms with E-state index in [4.69, 9.17) is 5.73 Å². The molecule has 0 saturated heterocycles. The third-order valence-electron chi connectivity index (χ3n) is 4.39. The van der Waals surface area contributed by atoms with E-state index in [0.717, 1.165) is 36.2 Å². The molecule has 136 valence electrons. The number of nitrogens with zero attached hydrogens (tertiary/aromatic N) is 4. The van der Waals surface area contributed by atoms with E-state index in [-0.39, 0.29) is 0 Å². The van der Waals surface area contributed by atoms with Crippen LogP contribution in [0, 0.1) is 13.8 Å². The summed E-state index contributed by atoms with van der Waals surface area (Å²) in [6.45, 7) is 6.30. The van der Waals surface area contributed by atoms with Crippen LogP contribution < -0.4 is 5.73 Å². The van der Waals surface area contributed by atoms with Crippen LogP contribution in [0.2, 0.25) is 0 Å². The quantitative estimate of drug-likeness (QED) is 0.644. The summed E-state index contributed by atoms with van der Waals surface area (Å²) in [4.78, 5) is 20.5. The Balaban J connectivity index is 1.82. The highest BCUT2D eigenvalue weighted by Crippen LogP contribution is 2.22. The van der Waals surface area contributed by atoms with Gasteiger partial charge in [-0.15, -0.1) is 5.10 Å². The summed E-state index contributed by atoms with van der Waals surface area (Å²) in [7, 11) is 0. The van der Waals surface area contributed by atoms with Gasteiger partial charge in [0.25, 0.3) is 5.78 Å². The molecule has 2 heterocycles. The van der Waals surface area contributed by atoms with Gasteiger partial charge in [0.15, 0.2) is 0 Å². The molecule has 0 radical (unpaired) electrons. The average Bonchev–Trinajstić information content (AvgIpc) is 3.03. The molecule has 6 nitrogen and oxygen atoms in total. The van der Waals surface area contributed by atoms with Crippen molar-refractivity contribution >= 4 is 23.4 Å². The lowest BCUT2D eigenvalue weighted by molar-refractivity contribution is 0.1000. The molecule has 1 amide bonds. The van der Waals surface area contributed by atoms with Crippen molar-refractivity contribution in [2.24, 2.45) is 5.73 Å². The van der Waals surface area contributed by atoms with Crippen molar-refractivity contribution in [3.05, 3.63) is 52.3 Å². The normalized spacial score (nSPS) is 11.2. The van der Waals surface area contributed by atoms with Crippen LogP contribution in [0.15, 0.2) is 29.4 Å². The van der Waals surface area contributed by atoms with E-state index in [1.807, 2.05) is 29.6 Å². The molecule has 1 aromatic carbocycles. The van der Waals surface area contributed by atoms with Gasteiger partial charge in [-0.25, -0.2) is 9.50 Å². The molecule has 0 bridgehead atoms. The van der Waals surface area contributed by atoms with Gasteiger partial charge in [0.1, 0.15) is 0 Å². The molecule has 3 rings (SSSR count). The predicted molar refractivity (Wildman–Crippen MR) is 103 cm³/mol. The van der Waals surface area contributed by atoms with Gasteiger partial charge in [0, 0.05) is 22.7 Å². The number of unbranched alkanes of at least 4 members (excludes halogenated alkanes) is 1. The van der Waals surface area contributed by atoms with Crippen molar-refractivity contribution in [3.63, 3.8) is 0 Å². The number of carbonyl (C=O) groups excluding carboxylic acids is 1. The molecule has 2 N–H and O–H groups in total. The molecule has 3 aromatic rings. The van der Waals surface area contributed by atoms with E-state index in [2.05, 4.69) is 28.9 Å². The van der Waals surface area contributed by atoms with Gasteiger partial charge in [-0.3, -0.25) is 4.79 Å². The second-order valence-corrected chi connectivity index (χ2v) is 7.27. The highest BCUT2D eigenvalue weighted by atomic mass is 32.2. The Labute approximate surface area is 157 Å². The number of hydrogen-bond acceptors (Lipinski definition) is 5. The molecule has 26 heavy (non-hydrogen) atoms. The Hall–Kier alpha value is -2.41. The standard InChI is InChI=1S/C19H23N5OS/c1-4-5-9-16-12(2)21-18-22-19(23-24(18)13(16)3)26-11-14-7-6-8-15(10-14)17(20)25/h6-8,10H,4-5,9,11H2,1-3H3,(H2,20,25). The molecule has 0 aliphatic heterocycles. The van der Waals surface area contributed by atoms with Gasteiger partial charge >= 0.3 is 0 Å². The van der Waals surface area contributed by atoms with Gasteiger partial charge in [-0.2, -0.15) is 4.98 Å². The molecule has 7 heteroatoms. The van der Waals surface area contributed by atoms with E-state index in [1.54, 1.807) is 6.07 Å². The third kappa shape index (κ3) is 3.88. The van der Waals surface area contributed by atoms with Gasteiger partial charge in [-0.1, -0.05) is 37.2 Å². The molecule has 0 aliphatic rings. The Bertz CT molecular complexity index is 950. The molecule has 0 unspecified atom stereocenters. The molecule has 2 aromatic heterocycles. The number of hydrogen-bond donors (Lipinski definition) is 1. The number of carbonyl (C=O) groups is 1. The molecule has 0 fully saturated rings. The zero-order valence-electron chi connectivity index (χ0n) is 15.3. The summed E-state index contributed by atoms with van der Waals surface area (Å²) < 4.78 is 1.83. The summed E-state index contributed by atoms with van der Waals surface area (Å²) in [6.07, 6.45) is 3.31. The number of primary amides is 1. The minimum atomic E-state index is -0.419. The van der Waals surface area contributed by atoms with Crippen LogP contribution in [0.4, 0.5) is 0 Å². The van der Waals surface area contributed by atoms with Crippen molar-refractivity contribution < 1.29 is 4.79 Å². The zero-order chi connectivity index (χ0) is 18.7. The lowest BCUT2D eigenvalue weighted by Gasteiger charge is -2.09. The summed E-state index contributed by atoms with van der Waals surface area (Å²) in [5.74, 6) is 0.880. The maximum Gasteiger partial charge on any atom is 0.253 e. The monoisotopic (exact) mass is 369 g/mol. The maximum absolute atomic E-state index is 11.3. The molecule has 0 saturated carbocycles. The fourth-order valence-electron chi connectivity index (χ4n) is 2.93. The first-order valence-corrected chi connectivity index (χ1v) is 9.72. The van der Waals surface area contributed by atoms with Crippen LogP contribution in [0.25, 0.3) is 5.78 Å². The van der Waals surface area contributed by atoms with E-state index < -0.39 is 5.91 Å². The molecular formula is C19H23N5OS. The van der Waals surface area contributed by atoms with E-state index >= 15 is 0 Å². The zero-order valence-corrected chi connectivity index (χ0v) is 16.1. The van der Waals surface area contributed by atoms with Crippen molar-refractivity contribution in [1.82, 2.24) is 19.6 Å². The summed E-state index contributed by atoms with van der Waals surface area (Å²) in [6, 6.07) is 7.32. The molecular weight excluding hydrogens is 346 g/mol. The van der Waals surface area contributed by atoms with Crippen molar-refractivity contribution in [2.45, 2.75) is 50.9 Å². The minimum absolute atomic E-state index is 0.419. The number of thioether (sulfide) groups is 1. The molecule has 0 spiro atoms. The van der Waals surface area contributed by atoms with Gasteiger partial charge in [0.2, 0.25) is 11.1 Å². The topological polar surface area (TPSA) is 86.2 Å². The number of aryl methyl sites for hydroxylation is 2. The largest absolute Gasteiger partial charge is 0.366 e. The smallest absolute Gasteiger partial charge is 0.253 e. The number of amides is 1. The summed E-state index contributed by atoms with van der Waals surface area (Å²) >= 11 is 1.52. The van der Waals surface area contributed by atoms with E-state index in [9.17, 15) is 4.79 Å². The molecule has 0 aliphatic carbocycles. The van der Waals surface area contributed by atoms with Crippen LogP contribution in [0.5, 0.6) is 0 Å². The second kappa shape index (κ2) is 7.86. The van der Waals surface area contributed by atoms with Crippen LogP contribution >= 0.6 is 11.8 Å². The lowest BCUT2D eigenvalue weighted by atomic mass is 10.1. The van der Waals surface area contributed by atoms with E-state index in [1.165, 1.54) is 17.3 Å². The number of nitrogens with two attached hydrogens (primary N) is 1. The Kier molecular flexibility index (Phi) is 5.56. The minimum Gasteiger partial charge on any atom is -0.366 e. The SMILES string of the molecule is CCCCc1c(C)nc2nc(SCc3cccc(C(N)=O)c3)nn2c1C. The van der Waals surface area contributed by atoms with Gasteiger partial charge in [0.05, 0.1) is 0 Å². The van der Waals surface area contributed by atoms with Crippen LogP contribution in [0.1, 0.15) is 52.6 Å². The number of benzene rings is 1. The fourth-order valence-corrected chi connectivity index (χ4v) is 3.69. The summed E-state index contributed by atoms with van der Waals surface area (Å²) in [5.41, 5.74) is 10.3. The summed E-state index contributed by atoms with van der Waals surface area (Å²) in [5, 5.41) is 5.29. The molecule has 0 atom stereocenters. The number of fused-ring (bicyclic) bond motifs is 1. The Morgan fingerprint density at radius 1 is 1.27 bits per heavy atom. The number of rotatable bonds is 7. The Morgan fingerprint density at radius 2 is 2.08 bits per heavy atom. The predicted octanol–water partition coefficient (Wildman–Crippen LogP) is 3.47. The van der Waals surface area contributed by atoms with Crippen LogP contribution in [-0.2, 0) is 12.2 Å². The van der Waals surface area contributed by atoms with Crippen molar-refractivity contribution in [3.8, 4) is 0 Å². The highest BCUT2D eigenvalue weighted by molar-refractivity contribution is 7.98. The first-order valence-electron chi connectivity index (χ1n) is 8.74. The first kappa shape index (κ1) is 18.4. The van der Waals surface area contributed by atoms with Crippen LogP contribution in [-0.4, -0.2) is 25.5 Å². The van der Waals surface area contributed by atoms with E-state index in [0.29, 0.717) is 22.3 Å².